The summed E-state index contributed by atoms with van der Waals surface area (Å²) in [4.78, 5) is 31.9. The molecule has 2 unspecified atom stereocenters. The standard InChI is InChI=1S/C24H33N7O/c32-21-9-5-8-19-20-11-10-18(15-30(19)21)16-31(20)24-27-22(25-14-17-6-1-2-7-17)26-23(28-24)29-12-3-4-13-29/h5,8-9,17-18,20H,1-4,6-7,10-16H2,(H,25,26,27,28). The van der Waals surface area contributed by atoms with Gasteiger partial charge < -0.3 is 19.7 Å². The van der Waals surface area contributed by atoms with Crippen LogP contribution in [0.4, 0.5) is 17.8 Å². The van der Waals surface area contributed by atoms with Crippen LogP contribution in [0, 0.1) is 11.8 Å². The maximum atomic E-state index is 12.6. The van der Waals surface area contributed by atoms with Gasteiger partial charge in [-0.15, -0.1) is 0 Å². The molecule has 8 heteroatoms. The van der Waals surface area contributed by atoms with Gasteiger partial charge in [-0.3, -0.25) is 4.79 Å². The van der Waals surface area contributed by atoms with Crippen molar-refractivity contribution in [3.05, 3.63) is 34.2 Å². The Labute approximate surface area is 189 Å². The normalized spacial score (nSPS) is 25.2. The van der Waals surface area contributed by atoms with Crippen molar-refractivity contribution < 1.29 is 0 Å². The van der Waals surface area contributed by atoms with Crippen LogP contribution in [0.15, 0.2) is 23.0 Å². The molecule has 4 aliphatic heterocycles. The summed E-state index contributed by atoms with van der Waals surface area (Å²) >= 11 is 0. The maximum Gasteiger partial charge on any atom is 0.250 e. The molecular weight excluding hydrogens is 402 g/mol. The van der Waals surface area contributed by atoms with E-state index in [-0.39, 0.29) is 11.6 Å². The van der Waals surface area contributed by atoms with Gasteiger partial charge in [0.2, 0.25) is 17.8 Å². The van der Waals surface area contributed by atoms with Gasteiger partial charge in [0.1, 0.15) is 0 Å². The fourth-order valence-electron chi connectivity index (χ4n) is 6.07. The number of hydrogen-bond acceptors (Lipinski definition) is 7. The Morgan fingerprint density at radius 1 is 0.906 bits per heavy atom. The predicted octanol–water partition coefficient (Wildman–Crippen LogP) is 3.21. The lowest BCUT2D eigenvalue weighted by Crippen LogP contribution is -2.38. The SMILES string of the molecule is O=c1cccc2n1CC1CCC2N(c2nc(NCC3CCCC3)nc(N3CCCC3)n2)C1. The summed E-state index contributed by atoms with van der Waals surface area (Å²) in [6, 6.07) is 5.81. The lowest BCUT2D eigenvalue weighted by Gasteiger charge is -2.36. The first-order valence-corrected chi connectivity index (χ1v) is 12.5. The minimum Gasteiger partial charge on any atom is -0.354 e. The summed E-state index contributed by atoms with van der Waals surface area (Å²) in [5.74, 6) is 3.42. The Bertz CT molecular complexity index is 1030. The third-order valence-corrected chi connectivity index (χ3v) is 7.83. The fourth-order valence-corrected chi connectivity index (χ4v) is 6.07. The van der Waals surface area contributed by atoms with Crippen molar-refractivity contribution in [2.45, 2.75) is 64.0 Å². The summed E-state index contributed by atoms with van der Waals surface area (Å²) in [5, 5.41) is 3.55. The van der Waals surface area contributed by atoms with Crippen LogP contribution < -0.4 is 20.7 Å². The molecule has 0 radical (unpaired) electrons. The molecule has 8 nitrogen and oxygen atoms in total. The number of hydrogen-bond donors (Lipinski definition) is 1. The number of rotatable bonds is 5. The lowest BCUT2D eigenvalue weighted by atomic mass is 9.94. The minimum atomic E-state index is 0.105. The second kappa shape index (κ2) is 8.37. The van der Waals surface area contributed by atoms with E-state index in [2.05, 4.69) is 21.2 Å². The smallest absolute Gasteiger partial charge is 0.250 e. The van der Waals surface area contributed by atoms with Crippen LogP contribution in [0.25, 0.3) is 0 Å². The van der Waals surface area contributed by atoms with E-state index < -0.39 is 0 Å². The van der Waals surface area contributed by atoms with Gasteiger partial charge in [-0.2, -0.15) is 15.0 Å². The molecule has 3 fully saturated rings. The van der Waals surface area contributed by atoms with Gasteiger partial charge in [0.05, 0.1) is 6.04 Å². The average Bonchev–Trinajstić information content (AvgIpc) is 3.48. The van der Waals surface area contributed by atoms with E-state index in [9.17, 15) is 4.79 Å². The van der Waals surface area contributed by atoms with Gasteiger partial charge >= 0.3 is 0 Å². The van der Waals surface area contributed by atoms with Gasteiger partial charge in [0.25, 0.3) is 5.56 Å². The van der Waals surface area contributed by atoms with Gasteiger partial charge in [-0.25, -0.2) is 0 Å². The molecule has 2 bridgehead atoms. The molecule has 5 aliphatic rings. The average molecular weight is 436 g/mol. The topological polar surface area (TPSA) is 79.2 Å². The summed E-state index contributed by atoms with van der Waals surface area (Å²) in [7, 11) is 0. The molecule has 32 heavy (non-hydrogen) atoms. The minimum absolute atomic E-state index is 0.105. The van der Waals surface area contributed by atoms with E-state index in [0.717, 1.165) is 69.1 Å². The van der Waals surface area contributed by atoms with E-state index in [1.165, 1.54) is 38.5 Å². The molecule has 2 atom stereocenters. The van der Waals surface area contributed by atoms with Crippen LogP contribution in [-0.2, 0) is 6.54 Å². The maximum absolute atomic E-state index is 12.6. The number of nitrogens with one attached hydrogen (secondary N) is 1. The van der Waals surface area contributed by atoms with E-state index >= 15 is 0 Å². The van der Waals surface area contributed by atoms with E-state index in [1.807, 2.05) is 10.6 Å². The highest BCUT2D eigenvalue weighted by atomic mass is 16.1. The number of fused-ring (bicyclic) bond motifs is 2. The molecule has 2 saturated heterocycles. The van der Waals surface area contributed by atoms with Crippen molar-refractivity contribution in [2.24, 2.45) is 11.8 Å². The number of nitrogens with zero attached hydrogens (tertiary/aromatic N) is 6. The number of piperidine rings is 1. The van der Waals surface area contributed by atoms with Crippen LogP contribution in [0.3, 0.4) is 0 Å². The largest absolute Gasteiger partial charge is 0.354 e. The summed E-state index contributed by atoms with van der Waals surface area (Å²) in [5.41, 5.74) is 1.20. The highest BCUT2D eigenvalue weighted by molar-refractivity contribution is 5.48. The zero-order valence-corrected chi connectivity index (χ0v) is 18.7. The Kier molecular flexibility index (Phi) is 5.23. The van der Waals surface area contributed by atoms with Crippen molar-refractivity contribution >= 4 is 17.8 Å². The fraction of sp³-hybridized carbons (Fsp3) is 0.667. The Morgan fingerprint density at radius 2 is 1.72 bits per heavy atom. The van der Waals surface area contributed by atoms with Crippen molar-refractivity contribution in [3.8, 4) is 0 Å². The van der Waals surface area contributed by atoms with Crippen LogP contribution in [-0.4, -0.2) is 45.7 Å². The highest BCUT2D eigenvalue weighted by Gasteiger charge is 2.37. The van der Waals surface area contributed by atoms with Crippen LogP contribution >= 0.6 is 0 Å². The predicted molar refractivity (Wildman–Crippen MR) is 125 cm³/mol. The first kappa shape index (κ1) is 20.0. The van der Waals surface area contributed by atoms with E-state index in [1.54, 1.807) is 6.07 Å². The van der Waals surface area contributed by atoms with Gasteiger partial charge in [0.15, 0.2) is 0 Å². The Morgan fingerprint density at radius 3 is 2.56 bits per heavy atom. The molecule has 2 aromatic heterocycles. The molecule has 0 spiro atoms. The molecule has 6 heterocycles. The third kappa shape index (κ3) is 3.73. The molecule has 1 N–H and O–H groups in total. The van der Waals surface area contributed by atoms with Gasteiger partial charge in [-0.05, 0) is 56.4 Å². The van der Waals surface area contributed by atoms with Crippen LogP contribution in [0.5, 0.6) is 0 Å². The number of anilines is 3. The second-order valence-corrected chi connectivity index (χ2v) is 10.00. The zero-order chi connectivity index (χ0) is 21.5. The second-order valence-electron chi connectivity index (χ2n) is 10.00. The number of aromatic nitrogens is 4. The van der Waals surface area contributed by atoms with E-state index in [4.69, 9.17) is 15.0 Å². The quantitative estimate of drug-likeness (QED) is 0.772. The molecular formula is C24H33N7O. The molecule has 0 amide bonds. The summed E-state index contributed by atoms with van der Waals surface area (Å²) in [6.45, 7) is 4.63. The molecule has 7 rings (SSSR count). The monoisotopic (exact) mass is 435 g/mol. The van der Waals surface area contributed by atoms with Crippen molar-refractivity contribution in [1.82, 2.24) is 19.5 Å². The van der Waals surface area contributed by atoms with Crippen LogP contribution in [0.2, 0.25) is 0 Å². The molecule has 1 aliphatic carbocycles. The van der Waals surface area contributed by atoms with Crippen molar-refractivity contribution in [1.29, 1.82) is 0 Å². The highest BCUT2D eigenvalue weighted by Crippen LogP contribution is 2.39. The Balaban J connectivity index is 1.35. The van der Waals surface area contributed by atoms with Gasteiger partial charge in [0, 0.05) is 44.5 Å². The first-order chi connectivity index (χ1) is 15.7. The molecule has 170 valence electrons. The first-order valence-electron chi connectivity index (χ1n) is 12.5. The zero-order valence-electron chi connectivity index (χ0n) is 18.7. The third-order valence-electron chi connectivity index (χ3n) is 7.83. The summed E-state index contributed by atoms with van der Waals surface area (Å²) in [6.07, 6.45) is 9.82. The van der Waals surface area contributed by atoms with Crippen molar-refractivity contribution in [2.75, 3.05) is 41.3 Å². The number of pyridine rings is 1. The molecule has 2 aromatic rings. The van der Waals surface area contributed by atoms with Crippen LogP contribution in [0.1, 0.15) is 63.1 Å². The lowest BCUT2D eigenvalue weighted by molar-refractivity contribution is 0.361. The summed E-state index contributed by atoms with van der Waals surface area (Å²) < 4.78 is 1.98. The molecule has 0 aromatic carbocycles. The molecule has 1 saturated carbocycles. The van der Waals surface area contributed by atoms with Crippen molar-refractivity contribution in [3.63, 3.8) is 0 Å². The van der Waals surface area contributed by atoms with E-state index in [0.29, 0.717) is 11.9 Å². The van der Waals surface area contributed by atoms with Gasteiger partial charge in [-0.1, -0.05) is 18.9 Å². The Hall–Kier alpha value is -2.64.